The van der Waals surface area contributed by atoms with Gasteiger partial charge in [-0.2, -0.15) is 0 Å². The van der Waals surface area contributed by atoms with Crippen molar-refractivity contribution in [2.24, 2.45) is 11.8 Å². The second kappa shape index (κ2) is 10.1. The number of amides is 2. The number of fused-ring (bicyclic) bond motifs is 3. The molecule has 2 aliphatic carbocycles. The second-order valence-electron chi connectivity index (χ2n) is 9.93. The third-order valence-corrected chi connectivity index (χ3v) is 7.92. The number of carbonyl (C=O) groups is 3. The van der Waals surface area contributed by atoms with Gasteiger partial charge in [-0.15, -0.1) is 0 Å². The van der Waals surface area contributed by atoms with Crippen LogP contribution in [0.15, 0.2) is 48.5 Å². The Morgan fingerprint density at radius 2 is 1.63 bits per heavy atom. The quantitative estimate of drug-likeness (QED) is 0.589. The van der Waals surface area contributed by atoms with E-state index in [9.17, 15) is 19.5 Å². The van der Waals surface area contributed by atoms with E-state index in [1.807, 2.05) is 24.3 Å². The molecule has 2 aromatic carbocycles. The largest absolute Gasteiger partial charge is 0.481 e. The van der Waals surface area contributed by atoms with E-state index in [2.05, 4.69) is 29.6 Å². The van der Waals surface area contributed by atoms with Gasteiger partial charge in [0, 0.05) is 25.0 Å². The highest BCUT2D eigenvalue weighted by molar-refractivity contribution is 5.82. The number of nitrogens with one attached hydrogen (secondary N) is 1. The van der Waals surface area contributed by atoms with E-state index in [0.29, 0.717) is 6.54 Å². The molecule has 7 nitrogen and oxygen atoms in total. The molecule has 3 aliphatic rings. The SMILES string of the molecule is O=C(O)C[C@@H]1CCCN1C(=O)C(CNC(=O)OCC1c2ccccc2-c2ccccc21)C1CCC1. The van der Waals surface area contributed by atoms with Gasteiger partial charge in [-0.3, -0.25) is 9.59 Å². The van der Waals surface area contributed by atoms with Gasteiger partial charge in [0.1, 0.15) is 6.61 Å². The molecule has 2 N–H and O–H groups in total. The number of likely N-dealkylation sites (tertiary alicyclic amines) is 1. The van der Waals surface area contributed by atoms with Crippen LogP contribution >= 0.6 is 0 Å². The molecule has 2 amide bonds. The molecule has 0 bridgehead atoms. The highest BCUT2D eigenvalue weighted by atomic mass is 16.5. The average Bonchev–Trinajstić information content (AvgIpc) is 3.40. The molecule has 1 aliphatic heterocycles. The second-order valence-corrected chi connectivity index (χ2v) is 9.93. The van der Waals surface area contributed by atoms with Crippen LogP contribution in [0.1, 0.15) is 55.6 Å². The lowest BCUT2D eigenvalue weighted by atomic mass is 9.75. The van der Waals surface area contributed by atoms with Crippen LogP contribution in [0.5, 0.6) is 0 Å². The summed E-state index contributed by atoms with van der Waals surface area (Å²) in [4.78, 5) is 39.0. The molecule has 184 valence electrons. The van der Waals surface area contributed by atoms with Crippen molar-refractivity contribution in [1.82, 2.24) is 10.2 Å². The minimum atomic E-state index is -0.883. The number of nitrogens with zero attached hydrogens (tertiary/aromatic N) is 1. The van der Waals surface area contributed by atoms with E-state index in [1.54, 1.807) is 4.90 Å². The first-order valence-electron chi connectivity index (χ1n) is 12.6. The molecule has 2 atom stereocenters. The van der Waals surface area contributed by atoms with Crippen molar-refractivity contribution >= 4 is 18.0 Å². The molecule has 1 heterocycles. The van der Waals surface area contributed by atoms with E-state index in [-0.39, 0.29) is 49.3 Å². The van der Waals surface area contributed by atoms with Gasteiger partial charge in [0.2, 0.25) is 5.91 Å². The van der Waals surface area contributed by atoms with E-state index in [0.717, 1.165) is 43.2 Å². The van der Waals surface area contributed by atoms with Crippen LogP contribution in [-0.2, 0) is 14.3 Å². The highest BCUT2D eigenvalue weighted by Gasteiger charge is 2.39. The lowest BCUT2D eigenvalue weighted by Crippen LogP contribution is -2.48. The summed E-state index contributed by atoms with van der Waals surface area (Å²) in [6, 6.07) is 16.1. The van der Waals surface area contributed by atoms with Gasteiger partial charge in [-0.05, 0) is 53.9 Å². The maximum atomic E-state index is 13.4. The summed E-state index contributed by atoms with van der Waals surface area (Å²) >= 11 is 0. The molecule has 5 rings (SSSR count). The summed E-state index contributed by atoms with van der Waals surface area (Å²) in [5.74, 6) is -1.04. The summed E-state index contributed by atoms with van der Waals surface area (Å²) in [6.07, 6.45) is 3.99. The number of carboxylic acids is 1. The Bertz CT molecular complexity index is 1070. The van der Waals surface area contributed by atoms with Gasteiger partial charge < -0.3 is 20.1 Å². The van der Waals surface area contributed by atoms with Crippen molar-refractivity contribution in [2.75, 3.05) is 19.7 Å². The van der Waals surface area contributed by atoms with E-state index >= 15 is 0 Å². The van der Waals surface area contributed by atoms with Gasteiger partial charge in [-0.1, -0.05) is 55.0 Å². The van der Waals surface area contributed by atoms with Crippen molar-refractivity contribution < 1.29 is 24.2 Å². The minimum absolute atomic E-state index is 0.0152. The van der Waals surface area contributed by atoms with Crippen LogP contribution in [0.3, 0.4) is 0 Å². The predicted octanol–water partition coefficient (Wildman–Crippen LogP) is 4.41. The molecule has 7 heteroatoms. The zero-order chi connectivity index (χ0) is 24.4. The Morgan fingerprint density at radius 1 is 0.971 bits per heavy atom. The van der Waals surface area contributed by atoms with E-state index < -0.39 is 12.1 Å². The van der Waals surface area contributed by atoms with E-state index in [1.165, 1.54) is 11.1 Å². The highest BCUT2D eigenvalue weighted by Crippen LogP contribution is 2.44. The average molecular weight is 477 g/mol. The summed E-state index contributed by atoms with van der Waals surface area (Å²) < 4.78 is 5.65. The van der Waals surface area contributed by atoms with Gasteiger partial charge in [0.05, 0.1) is 12.3 Å². The molecule has 0 radical (unpaired) electrons. The van der Waals surface area contributed by atoms with Crippen LogP contribution in [0, 0.1) is 11.8 Å². The Labute approximate surface area is 205 Å². The molecule has 0 spiro atoms. The number of hydrogen-bond donors (Lipinski definition) is 2. The lowest BCUT2D eigenvalue weighted by Gasteiger charge is -2.36. The van der Waals surface area contributed by atoms with E-state index in [4.69, 9.17) is 4.74 Å². The number of alkyl carbamates (subject to hydrolysis) is 1. The monoisotopic (exact) mass is 476 g/mol. The number of hydrogen-bond acceptors (Lipinski definition) is 4. The standard InChI is InChI=1S/C28H32N2O5/c31-26(32)15-19-9-6-14-30(19)27(33)24(18-7-5-8-18)16-29-28(34)35-17-25-22-12-3-1-10-20(22)21-11-2-4-13-23(21)25/h1-4,10-13,18-19,24-25H,5-9,14-17H2,(H,29,34)(H,31,32)/t19-,24?/m0/s1. The summed E-state index contributed by atoms with van der Waals surface area (Å²) in [5, 5.41) is 12.1. The Kier molecular flexibility index (Phi) is 6.75. The van der Waals surface area contributed by atoms with Crippen molar-refractivity contribution in [3.05, 3.63) is 59.7 Å². The summed E-state index contributed by atoms with van der Waals surface area (Å²) in [7, 11) is 0. The molecule has 35 heavy (non-hydrogen) atoms. The van der Waals surface area contributed by atoms with Crippen LogP contribution in [0.2, 0.25) is 0 Å². The van der Waals surface area contributed by atoms with Crippen molar-refractivity contribution in [2.45, 2.75) is 50.5 Å². The predicted molar refractivity (Wildman–Crippen MR) is 131 cm³/mol. The Hall–Kier alpha value is -3.35. The van der Waals surface area contributed by atoms with Crippen molar-refractivity contribution in [3.8, 4) is 11.1 Å². The van der Waals surface area contributed by atoms with Gasteiger partial charge in [-0.25, -0.2) is 4.79 Å². The smallest absolute Gasteiger partial charge is 0.407 e. The topological polar surface area (TPSA) is 95.9 Å². The fourth-order valence-electron chi connectivity index (χ4n) is 5.89. The first-order valence-corrected chi connectivity index (χ1v) is 12.6. The van der Waals surface area contributed by atoms with Gasteiger partial charge in [0.25, 0.3) is 0 Å². The molecule has 2 aromatic rings. The lowest BCUT2D eigenvalue weighted by molar-refractivity contribution is -0.142. The molecule has 1 unspecified atom stereocenters. The first kappa shape index (κ1) is 23.4. The maximum Gasteiger partial charge on any atom is 0.407 e. The molecule has 2 fully saturated rings. The molecular weight excluding hydrogens is 444 g/mol. The normalized spacial score (nSPS) is 20.0. The minimum Gasteiger partial charge on any atom is -0.481 e. The fourth-order valence-corrected chi connectivity index (χ4v) is 5.89. The molecule has 1 saturated heterocycles. The number of aliphatic carboxylic acids is 1. The third-order valence-electron chi connectivity index (χ3n) is 7.92. The maximum absolute atomic E-state index is 13.4. The van der Waals surface area contributed by atoms with Crippen LogP contribution in [0.4, 0.5) is 4.79 Å². The molecule has 0 aromatic heterocycles. The van der Waals surface area contributed by atoms with Crippen LogP contribution in [-0.4, -0.2) is 53.7 Å². The van der Waals surface area contributed by atoms with Gasteiger partial charge >= 0.3 is 12.1 Å². The van der Waals surface area contributed by atoms with Gasteiger partial charge in [0.15, 0.2) is 0 Å². The van der Waals surface area contributed by atoms with Crippen LogP contribution < -0.4 is 5.32 Å². The zero-order valence-corrected chi connectivity index (χ0v) is 19.8. The molecule has 1 saturated carbocycles. The van der Waals surface area contributed by atoms with Crippen LogP contribution in [0.25, 0.3) is 11.1 Å². The zero-order valence-electron chi connectivity index (χ0n) is 19.8. The van der Waals surface area contributed by atoms with Crippen molar-refractivity contribution in [3.63, 3.8) is 0 Å². The first-order chi connectivity index (χ1) is 17.0. The number of ether oxygens (including phenoxy) is 1. The fraction of sp³-hybridized carbons (Fsp3) is 0.464. The Morgan fingerprint density at radius 3 is 2.23 bits per heavy atom. The van der Waals surface area contributed by atoms with Crippen molar-refractivity contribution in [1.29, 1.82) is 0 Å². The number of rotatable bonds is 8. The number of carbonyl (C=O) groups excluding carboxylic acids is 2. The Balaban J connectivity index is 1.20. The summed E-state index contributed by atoms with van der Waals surface area (Å²) in [5.41, 5.74) is 4.66. The molecular formula is C28H32N2O5. The third kappa shape index (κ3) is 4.77. The number of carboxylic acid groups (broad SMARTS) is 1. The summed E-state index contributed by atoms with van der Waals surface area (Å²) in [6.45, 7) is 1.04. The number of benzene rings is 2.